The molecule has 0 aromatic heterocycles. The average Bonchev–Trinajstić information content (AvgIpc) is 2.63. The topological polar surface area (TPSA) is 81.5 Å². The van der Waals surface area contributed by atoms with Gasteiger partial charge in [-0.25, -0.2) is 0 Å². The van der Waals surface area contributed by atoms with Crippen LogP contribution in [0.2, 0.25) is 0 Å². The van der Waals surface area contributed by atoms with Crippen molar-refractivity contribution in [3.05, 3.63) is 68.7 Å². The Labute approximate surface area is 160 Å². The standard InChI is InChI=1S/C19H19BrN2O4/c1-2-3-12-26-16-8-4-14(5-9-16)6-11-19(23)21-18-10-7-15(22(24)25)13-17(18)20/h4-11,13H,2-3,12H2,1H3,(H,21,23)/b11-6+. The number of ether oxygens (including phenoxy) is 1. The number of carbonyl (C=O) groups excluding carboxylic acids is 1. The first kappa shape index (κ1) is 19.7. The second kappa shape index (κ2) is 9.72. The highest BCUT2D eigenvalue weighted by molar-refractivity contribution is 9.10. The predicted molar refractivity (Wildman–Crippen MR) is 105 cm³/mol. The van der Waals surface area contributed by atoms with Crippen LogP contribution in [-0.2, 0) is 4.79 Å². The first-order valence-electron chi connectivity index (χ1n) is 8.15. The highest BCUT2D eigenvalue weighted by Crippen LogP contribution is 2.27. The fourth-order valence-electron chi connectivity index (χ4n) is 2.07. The largest absolute Gasteiger partial charge is 0.494 e. The lowest BCUT2D eigenvalue weighted by molar-refractivity contribution is -0.384. The zero-order valence-corrected chi connectivity index (χ0v) is 15.9. The molecule has 0 aliphatic heterocycles. The van der Waals surface area contributed by atoms with Crippen molar-refractivity contribution < 1.29 is 14.5 Å². The fraction of sp³-hybridized carbons (Fsp3) is 0.211. The van der Waals surface area contributed by atoms with Gasteiger partial charge in [0.1, 0.15) is 5.75 Å². The lowest BCUT2D eigenvalue weighted by atomic mass is 10.2. The van der Waals surface area contributed by atoms with Gasteiger partial charge in [0.15, 0.2) is 0 Å². The summed E-state index contributed by atoms with van der Waals surface area (Å²) in [6.07, 6.45) is 5.19. The molecule has 0 saturated heterocycles. The van der Waals surface area contributed by atoms with Crippen molar-refractivity contribution in [1.82, 2.24) is 0 Å². The minimum absolute atomic E-state index is 0.0494. The second-order valence-corrected chi connectivity index (χ2v) is 6.37. The molecule has 0 atom stereocenters. The number of benzene rings is 2. The molecule has 1 N–H and O–H groups in total. The Kier molecular flexibility index (Phi) is 7.35. The molecule has 0 aliphatic carbocycles. The van der Waals surface area contributed by atoms with E-state index in [9.17, 15) is 14.9 Å². The van der Waals surface area contributed by atoms with E-state index < -0.39 is 4.92 Å². The van der Waals surface area contributed by atoms with Gasteiger partial charge in [-0.2, -0.15) is 0 Å². The molecule has 6 nitrogen and oxygen atoms in total. The van der Waals surface area contributed by atoms with Gasteiger partial charge < -0.3 is 10.1 Å². The summed E-state index contributed by atoms with van der Waals surface area (Å²) in [4.78, 5) is 22.2. The Bertz CT molecular complexity index is 804. The number of anilines is 1. The Balaban J connectivity index is 1.94. The number of nitrogens with one attached hydrogen (secondary N) is 1. The summed E-state index contributed by atoms with van der Waals surface area (Å²) in [6, 6.07) is 11.6. The van der Waals surface area contributed by atoms with Crippen LogP contribution in [-0.4, -0.2) is 17.4 Å². The number of non-ortho nitro benzene ring substituents is 1. The minimum Gasteiger partial charge on any atom is -0.494 e. The number of carbonyl (C=O) groups is 1. The van der Waals surface area contributed by atoms with Gasteiger partial charge in [-0.3, -0.25) is 14.9 Å². The number of nitro groups is 1. The third kappa shape index (κ3) is 6.00. The molecule has 0 aliphatic rings. The predicted octanol–water partition coefficient (Wildman–Crippen LogP) is 5.19. The molecule has 136 valence electrons. The number of amides is 1. The maximum atomic E-state index is 12.0. The lowest BCUT2D eigenvalue weighted by Crippen LogP contribution is -2.08. The number of hydrogen-bond acceptors (Lipinski definition) is 4. The molecular weight excluding hydrogens is 400 g/mol. The van der Waals surface area contributed by atoms with Crippen molar-refractivity contribution >= 4 is 39.3 Å². The SMILES string of the molecule is CCCCOc1ccc(/C=C/C(=O)Nc2ccc([N+](=O)[O-])cc2Br)cc1. The molecule has 0 heterocycles. The zero-order chi connectivity index (χ0) is 18.9. The van der Waals surface area contributed by atoms with E-state index >= 15 is 0 Å². The molecule has 0 radical (unpaired) electrons. The van der Waals surface area contributed by atoms with E-state index in [0.29, 0.717) is 16.8 Å². The van der Waals surface area contributed by atoms with E-state index in [1.165, 1.54) is 24.3 Å². The van der Waals surface area contributed by atoms with Crippen molar-refractivity contribution in [1.29, 1.82) is 0 Å². The first-order chi connectivity index (χ1) is 12.5. The number of halogens is 1. The van der Waals surface area contributed by atoms with Gasteiger partial charge >= 0.3 is 0 Å². The number of hydrogen-bond donors (Lipinski definition) is 1. The Morgan fingerprint density at radius 2 is 2.00 bits per heavy atom. The van der Waals surface area contributed by atoms with Crippen LogP contribution in [0.4, 0.5) is 11.4 Å². The van der Waals surface area contributed by atoms with Crippen molar-refractivity contribution in [2.75, 3.05) is 11.9 Å². The van der Waals surface area contributed by atoms with Crippen molar-refractivity contribution in [3.8, 4) is 5.75 Å². The van der Waals surface area contributed by atoms with Crippen LogP contribution in [0.5, 0.6) is 5.75 Å². The summed E-state index contributed by atoms with van der Waals surface area (Å²) >= 11 is 3.22. The van der Waals surface area contributed by atoms with Crippen molar-refractivity contribution in [2.45, 2.75) is 19.8 Å². The van der Waals surface area contributed by atoms with E-state index in [1.807, 2.05) is 24.3 Å². The lowest BCUT2D eigenvalue weighted by Gasteiger charge is -2.05. The number of unbranched alkanes of at least 4 members (excludes halogenated alkanes) is 1. The van der Waals surface area contributed by atoms with E-state index in [-0.39, 0.29) is 11.6 Å². The van der Waals surface area contributed by atoms with Gasteiger partial charge in [0, 0.05) is 22.7 Å². The molecule has 2 aromatic rings. The average molecular weight is 419 g/mol. The molecule has 26 heavy (non-hydrogen) atoms. The van der Waals surface area contributed by atoms with E-state index in [0.717, 1.165) is 24.2 Å². The van der Waals surface area contributed by atoms with Gasteiger partial charge in [-0.1, -0.05) is 25.5 Å². The summed E-state index contributed by atoms with van der Waals surface area (Å²) in [5.74, 6) is 0.470. The number of rotatable bonds is 8. The summed E-state index contributed by atoms with van der Waals surface area (Å²) in [6.45, 7) is 2.80. The third-order valence-corrected chi connectivity index (χ3v) is 4.15. The molecular formula is C19H19BrN2O4. The summed E-state index contributed by atoms with van der Waals surface area (Å²) in [5, 5.41) is 13.4. The highest BCUT2D eigenvalue weighted by atomic mass is 79.9. The maximum Gasteiger partial charge on any atom is 0.270 e. The van der Waals surface area contributed by atoms with Gasteiger partial charge in [-0.15, -0.1) is 0 Å². The first-order valence-corrected chi connectivity index (χ1v) is 8.94. The van der Waals surface area contributed by atoms with E-state index in [2.05, 4.69) is 28.2 Å². The smallest absolute Gasteiger partial charge is 0.270 e. The van der Waals surface area contributed by atoms with Crippen LogP contribution in [0, 0.1) is 10.1 Å². The van der Waals surface area contributed by atoms with E-state index in [4.69, 9.17) is 4.74 Å². The molecule has 0 unspecified atom stereocenters. The summed E-state index contributed by atoms with van der Waals surface area (Å²) in [5.41, 5.74) is 1.28. The van der Waals surface area contributed by atoms with Crippen LogP contribution in [0.25, 0.3) is 6.08 Å². The molecule has 2 rings (SSSR count). The molecule has 1 amide bonds. The highest BCUT2D eigenvalue weighted by Gasteiger charge is 2.10. The Morgan fingerprint density at radius 1 is 1.27 bits per heavy atom. The van der Waals surface area contributed by atoms with Gasteiger partial charge in [0.2, 0.25) is 5.91 Å². The van der Waals surface area contributed by atoms with Crippen LogP contribution in [0.3, 0.4) is 0 Å². The number of nitrogens with zero attached hydrogens (tertiary/aromatic N) is 1. The molecule has 2 aromatic carbocycles. The van der Waals surface area contributed by atoms with Crippen LogP contribution >= 0.6 is 15.9 Å². The summed E-state index contributed by atoms with van der Waals surface area (Å²) in [7, 11) is 0. The normalized spacial score (nSPS) is 10.7. The Morgan fingerprint density at radius 3 is 2.62 bits per heavy atom. The molecule has 0 fully saturated rings. The second-order valence-electron chi connectivity index (χ2n) is 5.51. The summed E-state index contributed by atoms with van der Waals surface area (Å²) < 4.78 is 6.04. The third-order valence-electron chi connectivity index (χ3n) is 3.50. The number of nitro benzene ring substituents is 1. The van der Waals surface area contributed by atoms with E-state index in [1.54, 1.807) is 6.08 Å². The maximum absolute atomic E-state index is 12.0. The van der Waals surface area contributed by atoms with Crippen molar-refractivity contribution in [2.24, 2.45) is 0 Å². The monoisotopic (exact) mass is 418 g/mol. The van der Waals surface area contributed by atoms with Crippen molar-refractivity contribution in [3.63, 3.8) is 0 Å². The van der Waals surface area contributed by atoms with Crippen LogP contribution in [0.15, 0.2) is 53.0 Å². The molecule has 0 bridgehead atoms. The molecule has 0 spiro atoms. The van der Waals surface area contributed by atoms with Crippen LogP contribution in [0.1, 0.15) is 25.3 Å². The zero-order valence-electron chi connectivity index (χ0n) is 14.3. The Hall–Kier alpha value is -2.67. The van der Waals surface area contributed by atoms with Gasteiger partial charge in [0.05, 0.1) is 17.2 Å². The minimum atomic E-state index is -0.494. The van der Waals surface area contributed by atoms with Crippen LogP contribution < -0.4 is 10.1 Å². The molecule has 0 saturated carbocycles. The quantitative estimate of drug-likeness (QED) is 0.276. The van der Waals surface area contributed by atoms with Gasteiger partial charge in [0.25, 0.3) is 5.69 Å². The molecule has 7 heteroatoms. The fourth-order valence-corrected chi connectivity index (χ4v) is 2.54. The van der Waals surface area contributed by atoms with Gasteiger partial charge in [-0.05, 0) is 52.2 Å².